The van der Waals surface area contributed by atoms with Crippen LogP contribution in [0.2, 0.25) is 0 Å². The monoisotopic (exact) mass is 312 g/mol. The lowest BCUT2D eigenvalue weighted by molar-refractivity contribution is 0.0723. The van der Waals surface area contributed by atoms with Crippen LogP contribution in [0.4, 0.5) is 0 Å². The van der Waals surface area contributed by atoms with E-state index in [1.807, 2.05) is 42.2 Å². The Bertz CT molecular complexity index is 641. The molecule has 0 radical (unpaired) electrons. The number of rotatable bonds is 7. The predicted molar refractivity (Wildman–Crippen MR) is 91.4 cm³/mol. The minimum atomic E-state index is 0.0565. The molecule has 4 heteroatoms. The van der Waals surface area contributed by atoms with Gasteiger partial charge in [0, 0.05) is 44.8 Å². The number of ether oxygens (including phenoxy) is 1. The maximum atomic E-state index is 12.9. The molecule has 1 aromatic heterocycles. The fraction of sp³-hybridized carbons (Fsp3) is 0.368. The van der Waals surface area contributed by atoms with E-state index >= 15 is 0 Å². The summed E-state index contributed by atoms with van der Waals surface area (Å²) in [4.78, 5) is 18.8. The van der Waals surface area contributed by atoms with Gasteiger partial charge in [0.15, 0.2) is 0 Å². The summed E-state index contributed by atoms with van der Waals surface area (Å²) in [6.07, 6.45) is 4.32. The molecule has 0 saturated heterocycles. The van der Waals surface area contributed by atoms with Crippen molar-refractivity contribution in [3.63, 3.8) is 0 Å². The van der Waals surface area contributed by atoms with Crippen molar-refractivity contribution in [2.75, 3.05) is 20.3 Å². The van der Waals surface area contributed by atoms with E-state index in [4.69, 9.17) is 4.74 Å². The lowest BCUT2D eigenvalue weighted by Gasteiger charge is -2.23. The summed E-state index contributed by atoms with van der Waals surface area (Å²) in [7, 11) is 1.68. The van der Waals surface area contributed by atoms with Gasteiger partial charge in [0.2, 0.25) is 0 Å². The molecule has 0 bridgehead atoms. The molecule has 1 amide bonds. The third kappa shape index (κ3) is 4.89. The number of aryl methyl sites for hydroxylation is 2. The Balaban J connectivity index is 2.17. The molecule has 1 heterocycles. The van der Waals surface area contributed by atoms with Gasteiger partial charge in [-0.25, -0.2) is 0 Å². The summed E-state index contributed by atoms with van der Waals surface area (Å²) in [6, 6.07) is 9.75. The fourth-order valence-electron chi connectivity index (χ4n) is 2.42. The number of nitrogens with zero attached hydrogens (tertiary/aromatic N) is 2. The number of aromatic nitrogens is 1. The van der Waals surface area contributed by atoms with Crippen LogP contribution in [0.3, 0.4) is 0 Å². The van der Waals surface area contributed by atoms with Gasteiger partial charge in [-0.2, -0.15) is 0 Å². The highest BCUT2D eigenvalue weighted by atomic mass is 16.5. The second-order valence-corrected chi connectivity index (χ2v) is 5.73. The molecule has 0 saturated carbocycles. The zero-order chi connectivity index (χ0) is 16.7. The van der Waals surface area contributed by atoms with Gasteiger partial charge in [0.25, 0.3) is 5.91 Å². The van der Waals surface area contributed by atoms with Gasteiger partial charge in [-0.1, -0.05) is 6.07 Å². The number of benzene rings is 1. The Labute approximate surface area is 138 Å². The minimum absolute atomic E-state index is 0.0565. The second-order valence-electron chi connectivity index (χ2n) is 5.73. The number of amides is 1. The molecular formula is C19H24N2O2. The van der Waals surface area contributed by atoms with Crippen LogP contribution in [0.5, 0.6) is 0 Å². The number of hydrogen-bond donors (Lipinski definition) is 0. The van der Waals surface area contributed by atoms with Crippen molar-refractivity contribution >= 4 is 5.91 Å². The molecule has 2 rings (SSSR count). The molecule has 0 aliphatic heterocycles. The van der Waals surface area contributed by atoms with E-state index in [1.54, 1.807) is 19.5 Å². The largest absolute Gasteiger partial charge is 0.385 e. The predicted octanol–water partition coefficient (Wildman–Crippen LogP) is 3.38. The average molecular weight is 312 g/mol. The van der Waals surface area contributed by atoms with Gasteiger partial charge in [-0.3, -0.25) is 9.78 Å². The lowest BCUT2D eigenvalue weighted by atomic mass is 10.1. The first-order chi connectivity index (χ1) is 11.1. The molecule has 1 aromatic carbocycles. The van der Waals surface area contributed by atoms with Crippen molar-refractivity contribution in [1.82, 2.24) is 9.88 Å². The molecule has 4 nitrogen and oxygen atoms in total. The molecule has 0 fully saturated rings. The van der Waals surface area contributed by atoms with Gasteiger partial charge >= 0.3 is 0 Å². The number of pyridine rings is 1. The SMILES string of the molecule is COCCCN(Cc1ccncc1)C(=O)c1ccc(C)c(C)c1. The van der Waals surface area contributed by atoms with E-state index in [0.717, 1.165) is 23.1 Å². The average Bonchev–Trinajstić information content (AvgIpc) is 2.57. The van der Waals surface area contributed by atoms with Crippen molar-refractivity contribution < 1.29 is 9.53 Å². The zero-order valence-electron chi connectivity index (χ0n) is 14.1. The number of hydrogen-bond acceptors (Lipinski definition) is 3. The van der Waals surface area contributed by atoms with Gasteiger partial charge in [-0.05, 0) is 61.2 Å². The molecule has 122 valence electrons. The molecule has 0 spiro atoms. The summed E-state index contributed by atoms with van der Waals surface area (Å²) in [6.45, 7) is 5.98. The smallest absolute Gasteiger partial charge is 0.254 e. The van der Waals surface area contributed by atoms with E-state index in [-0.39, 0.29) is 5.91 Å². The van der Waals surface area contributed by atoms with Crippen molar-refractivity contribution in [3.05, 3.63) is 65.0 Å². The normalized spacial score (nSPS) is 10.6. The number of methoxy groups -OCH3 is 1. The highest BCUT2D eigenvalue weighted by Gasteiger charge is 2.16. The van der Waals surface area contributed by atoms with E-state index in [1.165, 1.54) is 5.56 Å². The van der Waals surface area contributed by atoms with Crippen LogP contribution >= 0.6 is 0 Å². The molecule has 0 N–H and O–H groups in total. The highest BCUT2D eigenvalue weighted by molar-refractivity contribution is 5.94. The summed E-state index contributed by atoms with van der Waals surface area (Å²) in [5, 5.41) is 0. The van der Waals surface area contributed by atoms with Gasteiger partial charge in [-0.15, -0.1) is 0 Å². The standard InChI is InChI=1S/C19H24N2O2/c1-15-5-6-18(13-16(15)2)19(22)21(11-4-12-23-3)14-17-7-9-20-10-8-17/h5-10,13H,4,11-12,14H2,1-3H3. The molecular weight excluding hydrogens is 288 g/mol. The third-order valence-corrected chi connectivity index (χ3v) is 3.94. The summed E-state index contributed by atoms with van der Waals surface area (Å²) in [5.41, 5.74) is 4.15. The molecule has 0 aliphatic rings. The fourth-order valence-corrected chi connectivity index (χ4v) is 2.42. The van der Waals surface area contributed by atoms with Gasteiger partial charge < -0.3 is 9.64 Å². The quantitative estimate of drug-likeness (QED) is 0.736. The summed E-state index contributed by atoms with van der Waals surface area (Å²) in [5.74, 6) is 0.0565. The van der Waals surface area contributed by atoms with Crippen LogP contribution in [-0.2, 0) is 11.3 Å². The van der Waals surface area contributed by atoms with Crippen LogP contribution in [-0.4, -0.2) is 36.1 Å². The molecule has 0 atom stereocenters. The zero-order valence-corrected chi connectivity index (χ0v) is 14.1. The van der Waals surface area contributed by atoms with Crippen molar-refractivity contribution in [2.24, 2.45) is 0 Å². The van der Waals surface area contributed by atoms with E-state index in [0.29, 0.717) is 19.7 Å². The topological polar surface area (TPSA) is 42.4 Å². The van der Waals surface area contributed by atoms with Crippen molar-refractivity contribution in [3.8, 4) is 0 Å². The maximum Gasteiger partial charge on any atom is 0.254 e. The molecule has 0 aliphatic carbocycles. The second kappa shape index (κ2) is 8.44. The molecule has 23 heavy (non-hydrogen) atoms. The van der Waals surface area contributed by atoms with Crippen LogP contribution in [0, 0.1) is 13.8 Å². The number of carbonyl (C=O) groups is 1. The van der Waals surface area contributed by atoms with Crippen molar-refractivity contribution in [1.29, 1.82) is 0 Å². The summed E-state index contributed by atoms with van der Waals surface area (Å²) < 4.78 is 5.11. The first-order valence-corrected chi connectivity index (χ1v) is 7.86. The Hall–Kier alpha value is -2.20. The Kier molecular flexibility index (Phi) is 6.29. The van der Waals surface area contributed by atoms with Crippen LogP contribution in [0.25, 0.3) is 0 Å². The Morgan fingerprint density at radius 1 is 1.13 bits per heavy atom. The van der Waals surface area contributed by atoms with Crippen LogP contribution < -0.4 is 0 Å². The van der Waals surface area contributed by atoms with Crippen LogP contribution in [0.1, 0.15) is 33.5 Å². The van der Waals surface area contributed by atoms with Crippen molar-refractivity contribution in [2.45, 2.75) is 26.8 Å². The lowest BCUT2D eigenvalue weighted by Crippen LogP contribution is -2.32. The van der Waals surface area contributed by atoms with E-state index < -0.39 is 0 Å². The third-order valence-electron chi connectivity index (χ3n) is 3.94. The molecule has 2 aromatic rings. The van der Waals surface area contributed by atoms with Gasteiger partial charge in [0.05, 0.1) is 0 Å². The Morgan fingerprint density at radius 3 is 2.52 bits per heavy atom. The first-order valence-electron chi connectivity index (χ1n) is 7.86. The molecule has 0 unspecified atom stereocenters. The first kappa shape index (κ1) is 17.2. The highest BCUT2D eigenvalue weighted by Crippen LogP contribution is 2.14. The van der Waals surface area contributed by atoms with Gasteiger partial charge in [0.1, 0.15) is 0 Å². The Morgan fingerprint density at radius 2 is 1.87 bits per heavy atom. The van der Waals surface area contributed by atoms with E-state index in [2.05, 4.69) is 11.9 Å². The number of carbonyl (C=O) groups excluding carboxylic acids is 1. The van der Waals surface area contributed by atoms with Crippen LogP contribution in [0.15, 0.2) is 42.7 Å². The van der Waals surface area contributed by atoms with E-state index in [9.17, 15) is 4.79 Å². The summed E-state index contributed by atoms with van der Waals surface area (Å²) >= 11 is 0. The maximum absolute atomic E-state index is 12.9. The minimum Gasteiger partial charge on any atom is -0.385 e.